The molecule has 0 aliphatic heterocycles. The predicted octanol–water partition coefficient (Wildman–Crippen LogP) is -0.596. The molecule has 20 heavy (non-hydrogen) atoms. The molecule has 1 rings (SSSR count). The maximum atomic E-state index is 12.0. The molecule has 0 bridgehead atoms. The van der Waals surface area contributed by atoms with E-state index in [0.717, 1.165) is 0 Å². The first kappa shape index (κ1) is 16.0. The zero-order valence-electron chi connectivity index (χ0n) is 10.5. The molecule has 7 nitrogen and oxygen atoms in total. The van der Waals surface area contributed by atoms with Crippen molar-refractivity contribution in [2.24, 2.45) is 5.73 Å². The van der Waals surface area contributed by atoms with Gasteiger partial charge in [0.25, 0.3) is 0 Å². The van der Waals surface area contributed by atoms with Gasteiger partial charge in [-0.1, -0.05) is 24.0 Å². The highest BCUT2D eigenvalue weighted by Crippen LogP contribution is 2.13. The van der Waals surface area contributed by atoms with E-state index < -0.39 is 16.1 Å². The molecule has 8 heteroatoms. The summed E-state index contributed by atoms with van der Waals surface area (Å²) in [5.74, 6) is 4.94. The lowest BCUT2D eigenvalue weighted by Gasteiger charge is -2.08. The van der Waals surface area contributed by atoms with Crippen LogP contribution in [-0.4, -0.2) is 39.4 Å². The summed E-state index contributed by atoms with van der Waals surface area (Å²) in [4.78, 5) is 10.3. The Morgan fingerprint density at radius 3 is 2.75 bits per heavy atom. The van der Waals surface area contributed by atoms with E-state index in [9.17, 15) is 13.2 Å². The van der Waals surface area contributed by atoms with Crippen LogP contribution >= 0.6 is 0 Å². The Balaban J connectivity index is 2.84. The molecule has 108 valence electrons. The van der Waals surface area contributed by atoms with Crippen LogP contribution < -0.4 is 10.5 Å². The molecule has 0 radical (unpaired) electrons. The van der Waals surface area contributed by atoms with E-state index in [-0.39, 0.29) is 30.2 Å². The zero-order chi connectivity index (χ0) is 15.0. The largest absolute Gasteiger partial charge is 0.448 e. The molecule has 1 amide bonds. The van der Waals surface area contributed by atoms with Crippen LogP contribution in [0.3, 0.4) is 0 Å². The molecule has 0 saturated carbocycles. The van der Waals surface area contributed by atoms with E-state index in [1.807, 2.05) is 0 Å². The molecular weight excluding hydrogens is 284 g/mol. The van der Waals surface area contributed by atoms with Gasteiger partial charge in [-0.15, -0.1) is 0 Å². The molecule has 0 fully saturated rings. The quantitative estimate of drug-likeness (QED) is 0.495. The Morgan fingerprint density at radius 1 is 1.40 bits per heavy atom. The number of carbonyl (C=O) groups excluding carboxylic acids is 1. The van der Waals surface area contributed by atoms with Crippen LogP contribution in [0.15, 0.2) is 29.2 Å². The van der Waals surface area contributed by atoms with E-state index in [1.165, 1.54) is 12.1 Å². The van der Waals surface area contributed by atoms with Crippen molar-refractivity contribution in [3.63, 3.8) is 0 Å². The maximum absolute atomic E-state index is 12.0. The van der Waals surface area contributed by atoms with Gasteiger partial charge in [-0.3, -0.25) is 0 Å². The molecule has 4 N–H and O–H groups in total. The van der Waals surface area contributed by atoms with Gasteiger partial charge in [0.15, 0.2) is 0 Å². The highest BCUT2D eigenvalue weighted by atomic mass is 32.2. The van der Waals surface area contributed by atoms with E-state index in [0.29, 0.717) is 0 Å². The number of rotatable bonds is 5. The van der Waals surface area contributed by atoms with Gasteiger partial charge in [0.05, 0.1) is 4.90 Å². The van der Waals surface area contributed by atoms with Crippen molar-refractivity contribution >= 4 is 16.1 Å². The van der Waals surface area contributed by atoms with Gasteiger partial charge < -0.3 is 15.6 Å². The second kappa shape index (κ2) is 7.49. The summed E-state index contributed by atoms with van der Waals surface area (Å²) in [6.07, 6.45) is -0.974. The van der Waals surface area contributed by atoms with Gasteiger partial charge in [-0.2, -0.15) is 0 Å². The van der Waals surface area contributed by atoms with Crippen LogP contribution in [0.2, 0.25) is 0 Å². The molecule has 0 aliphatic carbocycles. The average molecular weight is 298 g/mol. The second-order valence-electron chi connectivity index (χ2n) is 3.52. The second-order valence-corrected chi connectivity index (χ2v) is 5.26. The van der Waals surface area contributed by atoms with Crippen LogP contribution in [0.4, 0.5) is 4.79 Å². The number of amides is 1. The number of carbonyl (C=O) groups is 1. The number of nitrogens with two attached hydrogens (primary N) is 1. The van der Waals surface area contributed by atoms with Crippen molar-refractivity contribution in [2.75, 3.05) is 19.8 Å². The van der Waals surface area contributed by atoms with Crippen LogP contribution in [0.1, 0.15) is 5.56 Å². The Labute approximate surface area is 116 Å². The van der Waals surface area contributed by atoms with Crippen molar-refractivity contribution < 1.29 is 23.1 Å². The predicted molar refractivity (Wildman–Crippen MR) is 71.1 cm³/mol. The molecule has 0 saturated heterocycles. The van der Waals surface area contributed by atoms with E-state index in [4.69, 9.17) is 10.8 Å². The third kappa shape index (κ3) is 4.89. The molecule has 0 atom stereocenters. The molecule has 1 aromatic carbocycles. The number of sulfonamides is 1. The minimum absolute atomic E-state index is 0.0139. The summed E-state index contributed by atoms with van der Waals surface area (Å²) in [7, 11) is -3.79. The number of benzene rings is 1. The lowest BCUT2D eigenvalue weighted by Crippen LogP contribution is -2.29. The number of primary amides is 1. The minimum atomic E-state index is -3.79. The van der Waals surface area contributed by atoms with Gasteiger partial charge in [-0.25, -0.2) is 17.9 Å². The highest BCUT2D eigenvalue weighted by molar-refractivity contribution is 7.89. The monoisotopic (exact) mass is 298 g/mol. The number of aliphatic hydroxyl groups excluding tert-OH is 1. The third-order valence-electron chi connectivity index (χ3n) is 2.12. The fourth-order valence-electron chi connectivity index (χ4n) is 1.34. The topological polar surface area (TPSA) is 119 Å². The normalized spacial score (nSPS) is 10.4. The summed E-state index contributed by atoms with van der Waals surface area (Å²) in [5.41, 5.74) is 5.02. The molecule has 0 spiro atoms. The van der Waals surface area contributed by atoms with Crippen LogP contribution in [0, 0.1) is 11.8 Å². The van der Waals surface area contributed by atoms with Crippen LogP contribution in [-0.2, 0) is 14.8 Å². The SMILES string of the molecule is NC(=O)OCCNS(=O)(=O)c1ccccc1C#CCO. The minimum Gasteiger partial charge on any atom is -0.448 e. The standard InChI is InChI=1S/C12H14N2O5S/c13-12(16)19-9-7-14-20(17,18)11-6-2-1-4-10(11)5-3-8-15/h1-2,4,6,14-15H,7-9H2,(H2,13,16). The Hall–Kier alpha value is -2.08. The van der Waals surface area contributed by atoms with Gasteiger partial charge in [0, 0.05) is 12.1 Å². The van der Waals surface area contributed by atoms with Crippen molar-refractivity contribution in [1.29, 1.82) is 0 Å². The van der Waals surface area contributed by atoms with E-state index in [1.54, 1.807) is 12.1 Å². The van der Waals surface area contributed by atoms with Gasteiger partial charge in [0.1, 0.15) is 13.2 Å². The summed E-state index contributed by atoms with van der Waals surface area (Å²) >= 11 is 0. The number of hydrogen-bond acceptors (Lipinski definition) is 5. The average Bonchev–Trinajstić information content (AvgIpc) is 2.41. The number of hydrogen-bond donors (Lipinski definition) is 3. The smallest absolute Gasteiger partial charge is 0.404 e. The lowest BCUT2D eigenvalue weighted by atomic mass is 10.2. The fourth-order valence-corrected chi connectivity index (χ4v) is 2.52. The lowest BCUT2D eigenvalue weighted by molar-refractivity contribution is 0.159. The number of nitrogens with one attached hydrogen (secondary N) is 1. The zero-order valence-corrected chi connectivity index (χ0v) is 11.3. The van der Waals surface area contributed by atoms with Crippen molar-refractivity contribution in [1.82, 2.24) is 4.72 Å². The Morgan fingerprint density at radius 2 is 2.10 bits per heavy atom. The van der Waals surface area contributed by atoms with Crippen LogP contribution in [0.25, 0.3) is 0 Å². The molecule has 1 aromatic rings. The van der Waals surface area contributed by atoms with Crippen molar-refractivity contribution in [3.05, 3.63) is 29.8 Å². The molecule has 0 aliphatic rings. The fraction of sp³-hybridized carbons (Fsp3) is 0.250. The summed E-state index contributed by atoms with van der Waals surface area (Å²) < 4.78 is 30.8. The Bertz CT molecular complexity index is 631. The molecule has 0 unspecified atom stereocenters. The summed E-state index contributed by atoms with van der Waals surface area (Å²) in [6, 6.07) is 6.10. The Kier molecular flexibility index (Phi) is 5.99. The van der Waals surface area contributed by atoms with E-state index >= 15 is 0 Å². The molecular formula is C12H14N2O5S. The first-order valence-corrected chi connectivity index (χ1v) is 7.06. The number of aliphatic hydroxyl groups is 1. The summed E-state index contributed by atoms with van der Waals surface area (Å²) in [6.45, 7) is -0.639. The first-order chi connectivity index (χ1) is 9.47. The van der Waals surface area contributed by atoms with Gasteiger partial charge in [-0.05, 0) is 12.1 Å². The molecule has 0 aromatic heterocycles. The van der Waals surface area contributed by atoms with Crippen LogP contribution in [0.5, 0.6) is 0 Å². The van der Waals surface area contributed by atoms with Crippen molar-refractivity contribution in [3.8, 4) is 11.8 Å². The molecule has 0 heterocycles. The maximum Gasteiger partial charge on any atom is 0.404 e. The highest BCUT2D eigenvalue weighted by Gasteiger charge is 2.16. The van der Waals surface area contributed by atoms with Gasteiger partial charge >= 0.3 is 6.09 Å². The van der Waals surface area contributed by atoms with Gasteiger partial charge in [0.2, 0.25) is 10.0 Å². The van der Waals surface area contributed by atoms with E-state index in [2.05, 4.69) is 21.3 Å². The summed E-state index contributed by atoms with van der Waals surface area (Å²) in [5, 5.41) is 8.65. The third-order valence-corrected chi connectivity index (χ3v) is 3.64. The van der Waals surface area contributed by atoms with Crippen molar-refractivity contribution in [2.45, 2.75) is 4.90 Å². The number of ether oxygens (including phenoxy) is 1. The first-order valence-electron chi connectivity index (χ1n) is 5.58.